The van der Waals surface area contributed by atoms with Gasteiger partial charge in [-0.05, 0) is 37.6 Å². The minimum Gasteiger partial charge on any atom is -0.337 e. The molecule has 1 N–H and O–H groups in total. The third kappa shape index (κ3) is 2.99. The van der Waals surface area contributed by atoms with E-state index in [1.54, 1.807) is 11.3 Å². The highest BCUT2D eigenvalue weighted by Gasteiger charge is 2.23. The van der Waals surface area contributed by atoms with E-state index >= 15 is 0 Å². The van der Waals surface area contributed by atoms with Gasteiger partial charge in [-0.15, -0.1) is 21.5 Å². The Bertz CT molecular complexity index is 809. The molecular weight excluding hydrogens is 324 g/mol. The molecular formula is C16H20N6OS. The Labute approximate surface area is 144 Å². The Morgan fingerprint density at radius 3 is 3.21 bits per heavy atom. The van der Waals surface area contributed by atoms with E-state index < -0.39 is 0 Å². The van der Waals surface area contributed by atoms with Gasteiger partial charge in [-0.1, -0.05) is 11.2 Å². The molecule has 24 heavy (non-hydrogen) atoms. The molecule has 0 aliphatic carbocycles. The van der Waals surface area contributed by atoms with Crippen molar-refractivity contribution in [2.24, 2.45) is 5.92 Å². The van der Waals surface area contributed by atoms with E-state index in [2.05, 4.69) is 37.1 Å². The molecule has 0 aromatic carbocycles. The maximum atomic E-state index is 5.41. The molecule has 4 heterocycles. The summed E-state index contributed by atoms with van der Waals surface area (Å²) in [6, 6.07) is 4.02. The van der Waals surface area contributed by atoms with Crippen molar-refractivity contribution >= 4 is 11.3 Å². The quantitative estimate of drug-likeness (QED) is 0.766. The fourth-order valence-electron chi connectivity index (χ4n) is 3.04. The van der Waals surface area contributed by atoms with Gasteiger partial charge in [0.15, 0.2) is 0 Å². The zero-order valence-electron chi connectivity index (χ0n) is 13.8. The Kier molecular flexibility index (Phi) is 4.15. The van der Waals surface area contributed by atoms with Crippen LogP contribution in [0, 0.1) is 12.8 Å². The molecule has 3 aromatic rings. The van der Waals surface area contributed by atoms with E-state index in [0.717, 1.165) is 42.5 Å². The molecule has 0 saturated carbocycles. The van der Waals surface area contributed by atoms with Crippen LogP contribution in [-0.4, -0.2) is 31.4 Å². The Balaban J connectivity index is 1.36. The first-order chi connectivity index (χ1) is 11.7. The zero-order chi connectivity index (χ0) is 16.5. The second-order valence-electron chi connectivity index (χ2n) is 6.24. The third-order valence-electron chi connectivity index (χ3n) is 4.50. The summed E-state index contributed by atoms with van der Waals surface area (Å²) in [6.07, 6.45) is 2.12. The average Bonchev–Trinajstić information content (AvgIpc) is 3.33. The molecule has 0 unspecified atom stereocenters. The topological polar surface area (TPSA) is 81.7 Å². The lowest BCUT2D eigenvalue weighted by Crippen LogP contribution is -2.32. The number of hydrogen-bond donors (Lipinski definition) is 1. The molecule has 0 spiro atoms. The van der Waals surface area contributed by atoms with Gasteiger partial charge in [0, 0.05) is 19.5 Å². The first-order valence-corrected chi connectivity index (χ1v) is 9.08. The number of fused-ring (bicyclic) bond motifs is 1. The van der Waals surface area contributed by atoms with Crippen molar-refractivity contribution in [1.82, 2.24) is 30.2 Å². The summed E-state index contributed by atoms with van der Waals surface area (Å²) >= 11 is 1.61. The molecule has 8 heteroatoms. The van der Waals surface area contributed by atoms with Crippen molar-refractivity contribution in [3.05, 3.63) is 35.1 Å². The van der Waals surface area contributed by atoms with Crippen LogP contribution in [0.2, 0.25) is 0 Å². The third-order valence-corrected chi connectivity index (χ3v) is 5.36. The maximum Gasteiger partial charge on any atom is 0.243 e. The van der Waals surface area contributed by atoms with E-state index in [9.17, 15) is 0 Å². The Hall–Kier alpha value is -2.06. The molecule has 0 bridgehead atoms. The number of aryl methyl sites for hydroxylation is 2. The molecule has 3 aromatic heterocycles. The largest absolute Gasteiger partial charge is 0.337 e. The van der Waals surface area contributed by atoms with Crippen molar-refractivity contribution < 1.29 is 4.52 Å². The molecule has 7 nitrogen and oxygen atoms in total. The van der Waals surface area contributed by atoms with Crippen LogP contribution in [0.4, 0.5) is 0 Å². The van der Waals surface area contributed by atoms with Gasteiger partial charge < -0.3 is 14.4 Å². The van der Waals surface area contributed by atoms with Gasteiger partial charge in [-0.3, -0.25) is 0 Å². The number of nitrogens with zero attached hydrogens (tertiary/aromatic N) is 5. The van der Waals surface area contributed by atoms with Gasteiger partial charge >= 0.3 is 0 Å². The smallest absolute Gasteiger partial charge is 0.243 e. The van der Waals surface area contributed by atoms with Crippen LogP contribution in [-0.2, 0) is 13.0 Å². The summed E-state index contributed by atoms with van der Waals surface area (Å²) in [5.74, 6) is 3.97. The standard InChI is InChI=1S/C16H20N6OS/c1-10(16-18-15(21-23-16)13-4-3-7-24-13)17-8-12-5-6-14-20-19-11(2)22(14)9-12/h3-4,7,10,12,17H,5-6,8-9H2,1-2H3/t10-,12+/m1/s1. The first-order valence-electron chi connectivity index (χ1n) is 8.20. The predicted octanol–water partition coefficient (Wildman–Crippen LogP) is 2.61. The molecule has 0 radical (unpaired) electrons. The van der Waals surface area contributed by atoms with E-state index in [1.807, 2.05) is 24.4 Å². The van der Waals surface area contributed by atoms with E-state index in [4.69, 9.17) is 4.52 Å². The van der Waals surface area contributed by atoms with Crippen molar-refractivity contribution in [2.45, 2.75) is 39.3 Å². The molecule has 4 rings (SSSR count). The number of nitrogens with one attached hydrogen (secondary N) is 1. The summed E-state index contributed by atoms with van der Waals surface area (Å²) in [6.45, 7) is 5.95. The van der Waals surface area contributed by atoms with Crippen LogP contribution >= 0.6 is 11.3 Å². The second kappa shape index (κ2) is 6.45. The average molecular weight is 344 g/mol. The molecule has 1 aliphatic rings. The number of rotatable bonds is 5. The van der Waals surface area contributed by atoms with Crippen LogP contribution in [0.15, 0.2) is 22.0 Å². The summed E-state index contributed by atoms with van der Waals surface area (Å²) in [5.41, 5.74) is 0. The summed E-state index contributed by atoms with van der Waals surface area (Å²) in [4.78, 5) is 5.53. The lowest BCUT2D eigenvalue weighted by Gasteiger charge is -2.25. The second-order valence-corrected chi connectivity index (χ2v) is 7.19. The van der Waals surface area contributed by atoms with E-state index in [-0.39, 0.29) is 6.04 Å². The lowest BCUT2D eigenvalue weighted by molar-refractivity contribution is 0.301. The fourth-order valence-corrected chi connectivity index (χ4v) is 3.69. The molecule has 0 amide bonds. The van der Waals surface area contributed by atoms with Crippen LogP contribution in [0.5, 0.6) is 0 Å². The monoisotopic (exact) mass is 344 g/mol. The Morgan fingerprint density at radius 2 is 2.38 bits per heavy atom. The summed E-state index contributed by atoms with van der Waals surface area (Å²) < 4.78 is 7.64. The van der Waals surface area contributed by atoms with Gasteiger partial charge in [0.2, 0.25) is 11.7 Å². The van der Waals surface area contributed by atoms with Crippen LogP contribution < -0.4 is 5.32 Å². The predicted molar refractivity (Wildman–Crippen MR) is 90.6 cm³/mol. The summed E-state index contributed by atoms with van der Waals surface area (Å²) in [7, 11) is 0. The molecule has 0 saturated heterocycles. The highest BCUT2D eigenvalue weighted by Crippen LogP contribution is 2.24. The van der Waals surface area contributed by atoms with Crippen LogP contribution in [0.1, 0.15) is 36.9 Å². The molecule has 126 valence electrons. The normalized spacial score (nSPS) is 18.5. The first kappa shape index (κ1) is 15.5. The SMILES string of the molecule is Cc1nnc2n1C[C@H](CN[C@H](C)c1nc(-c3cccs3)no1)CC2. The van der Waals surface area contributed by atoms with Gasteiger partial charge in [0.05, 0.1) is 10.9 Å². The number of thiophene rings is 1. The zero-order valence-corrected chi connectivity index (χ0v) is 14.6. The van der Waals surface area contributed by atoms with E-state index in [0.29, 0.717) is 17.6 Å². The van der Waals surface area contributed by atoms with E-state index in [1.165, 1.54) is 0 Å². The van der Waals surface area contributed by atoms with Crippen LogP contribution in [0.3, 0.4) is 0 Å². The van der Waals surface area contributed by atoms with Gasteiger partial charge in [0.1, 0.15) is 11.6 Å². The fraction of sp³-hybridized carbons (Fsp3) is 0.500. The minimum absolute atomic E-state index is 0.0367. The van der Waals surface area contributed by atoms with Gasteiger partial charge in [0.25, 0.3) is 0 Å². The highest BCUT2D eigenvalue weighted by molar-refractivity contribution is 7.13. The summed E-state index contributed by atoms with van der Waals surface area (Å²) in [5, 5.41) is 18.0. The molecule has 1 aliphatic heterocycles. The van der Waals surface area contributed by atoms with Gasteiger partial charge in [-0.25, -0.2) is 0 Å². The molecule has 0 fully saturated rings. The number of hydrogen-bond acceptors (Lipinski definition) is 7. The van der Waals surface area contributed by atoms with Crippen molar-refractivity contribution in [2.75, 3.05) is 6.54 Å². The van der Waals surface area contributed by atoms with Crippen molar-refractivity contribution in [1.29, 1.82) is 0 Å². The highest BCUT2D eigenvalue weighted by atomic mass is 32.1. The Morgan fingerprint density at radius 1 is 1.46 bits per heavy atom. The maximum absolute atomic E-state index is 5.41. The number of aromatic nitrogens is 5. The van der Waals surface area contributed by atoms with Gasteiger partial charge in [-0.2, -0.15) is 4.98 Å². The van der Waals surface area contributed by atoms with Crippen molar-refractivity contribution in [3.63, 3.8) is 0 Å². The minimum atomic E-state index is 0.0367. The molecule has 2 atom stereocenters. The van der Waals surface area contributed by atoms with Crippen molar-refractivity contribution in [3.8, 4) is 10.7 Å². The lowest BCUT2D eigenvalue weighted by atomic mass is 9.99. The van der Waals surface area contributed by atoms with Crippen LogP contribution in [0.25, 0.3) is 10.7 Å².